The molecule has 0 saturated carbocycles. The minimum atomic E-state index is -4.83. The highest BCUT2D eigenvalue weighted by Crippen LogP contribution is 2.36. The van der Waals surface area contributed by atoms with Gasteiger partial charge in [-0.25, -0.2) is 22.3 Å². The molecule has 2 heterocycles. The Kier molecular flexibility index (Phi) is 6.65. The van der Waals surface area contributed by atoms with Gasteiger partial charge in [0.25, 0.3) is 10.0 Å². The molecule has 37 heavy (non-hydrogen) atoms. The third kappa shape index (κ3) is 4.98. The number of benzene rings is 2. The van der Waals surface area contributed by atoms with Crippen LogP contribution in [-0.4, -0.2) is 52.1 Å². The summed E-state index contributed by atoms with van der Waals surface area (Å²) in [6, 6.07) is 13.6. The number of carbonyl (C=O) groups is 2. The average Bonchev–Trinajstić information content (AvgIpc) is 3.26. The maximum atomic E-state index is 13.1. The van der Waals surface area contributed by atoms with E-state index >= 15 is 0 Å². The number of ether oxygens (including phenoxy) is 2. The van der Waals surface area contributed by atoms with Crippen molar-refractivity contribution in [2.24, 2.45) is 0 Å². The van der Waals surface area contributed by atoms with Crippen LogP contribution in [0.15, 0.2) is 59.5 Å². The molecule has 2 N–H and O–H groups in total. The van der Waals surface area contributed by atoms with Crippen LogP contribution in [-0.2, 0) is 31.6 Å². The maximum absolute atomic E-state index is 13.1. The lowest BCUT2D eigenvalue weighted by molar-refractivity contribution is -0.133. The van der Waals surface area contributed by atoms with Crippen LogP contribution in [0.5, 0.6) is 11.5 Å². The van der Waals surface area contributed by atoms with Gasteiger partial charge in [0.1, 0.15) is 24.5 Å². The second-order valence-electron chi connectivity index (χ2n) is 7.59. The summed E-state index contributed by atoms with van der Waals surface area (Å²) in [5.41, 5.74) is 0.202. The highest BCUT2D eigenvalue weighted by atomic mass is 32.3. The fourth-order valence-corrected chi connectivity index (χ4v) is 6.76. The standard InChI is InChI=1S/C22H18N4O9S2/c1-34-15-5-6-18-20(12-15)35-21(27)13-26(18)37(32,33)24-36(30,31)16-4-2-3-14(11-16)17-7-8-19(22(28)29)25(17)10-9-23/h2-8,11-12,24H,10,13H2,1H3,(H,28,29). The molecule has 2 aromatic carbocycles. The summed E-state index contributed by atoms with van der Waals surface area (Å²) >= 11 is 0. The van der Waals surface area contributed by atoms with Crippen LogP contribution >= 0.6 is 0 Å². The van der Waals surface area contributed by atoms with E-state index in [1.807, 2.05) is 6.07 Å². The van der Waals surface area contributed by atoms with Crippen LogP contribution < -0.4 is 17.9 Å². The normalized spacial score (nSPS) is 13.4. The van der Waals surface area contributed by atoms with Gasteiger partial charge in [-0.15, -0.1) is 0 Å². The molecule has 0 fully saturated rings. The summed E-state index contributed by atoms with van der Waals surface area (Å²) in [5, 5.41) is 18.4. The van der Waals surface area contributed by atoms with Crippen molar-refractivity contribution in [3.8, 4) is 28.8 Å². The molecule has 0 amide bonds. The number of nitrogens with one attached hydrogen (secondary N) is 1. The number of fused-ring (bicyclic) bond motifs is 1. The van der Waals surface area contributed by atoms with E-state index in [0.717, 1.165) is 12.1 Å². The zero-order valence-corrected chi connectivity index (χ0v) is 20.6. The Hall–Kier alpha value is -4.39. The first-order valence-corrected chi connectivity index (χ1v) is 13.2. The smallest absolute Gasteiger partial charge is 0.352 e. The number of sulfonamides is 1. The number of anilines is 1. The first kappa shape index (κ1) is 25.7. The van der Waals surface area contributed by atoms with Crippen molar-refractivity contribution in [2.45, 2.75) is 11.4 Å². The number of carboxylic acids is 1. The number of hydrogen-bond donors (Lipinski definition) is 2. The van der Waals surface area contributed by atoms with Gasteiger partial charge in [-0.05, 0) is 42.0 Å². The van der Waals surface area contributed by atoms with Crippen LogP contribution in [0.1, 0.15) is 10.5 Å². The van der Waals surface area contributed by atoms with Crippen LogP contribution in [0.25, 0.3) is 11.3 Å². The fraction of sp³-hybridized carbons (Fsp3) is 0.136. The highest BCUT2D eigenvalue weighted by molar-refractivity contribution is 8.05. The molecular formula is C22H18N4O9S2. The molecule has 192 valence electrons. The number of esters is 1. The fourth-order valence-electron chi connectivity index (χ4n) is 3.68. The van der Waals surface area contributed by atoms with Crippen molar-refractivity contribution in [1.29, 1.82) is 5.26 Å². The zero-order valence-electron chi connectivity index (χ0n) is 19.0. The Balaban J connectivity index is 1.70. The van der Waals surface area contributed by atoms with Crippen molar-refractivity contribution >= 4 is 37.9 Å². The third-order valence-corrected chi connectivity index (χ3v) is 8.81. The summed E-state index contributed by atoms with van der Waals surface area (Å²) in [5.74, 6) is -2.06. The minimum Gasteiger partial charge on any atom is -0.497 e. The van der Waals surface area contributed by atoms with Gasteiger partial charge in [0.2, 0.25) is 0 Å². The molecule has 0 radical (unpaired) electrons. The maximum Gasteiger partial charge on any atom is 0.352 e. The molecule has 0 atom stereocenters. The molecule has 1 aliphatic heterocycles. The Morgan fingerprint density at radius 1 is 1.16 bits per heavy atom. The lowest BCUT2D eigenvalue weighted by Gasteiger charge is -2.29. The summed E-state index contributed by atoms with van der Waals surface area (Å²) in [6.45, 7) is -1.09. The second kappa shape index (κ2) is 9.58. The van der Waals surface area contributed by atoms with Gasteiger partial charge in [0.15, 0.2) is 5.75 Å². The van der Waals surface area contributed by atoms with Gasteiger partial charge in [-0.1, -0.05) is 16.3 Å². The van der Waals surface area contributed by atoms with E-state index in [1.54, 1.807) is 4.13 Å². The number of aromatic carboxylic acids is 1. The Morgan fingerprint density at radius 3 is 2.59 bits per heavy atom. The molecule has 0 spiro atoms. The van der Waals surface area contributed by atoms with Crippen molar-refractivity contribution in [1.82, 2.24) is 8.69 Å². The summed E-state index contributed by atoms with van der Waals surface area (Å²) in [4.78, 5) is 23.1. The molecule has 13 nitrogen and oxygen atoms in total. The van der Waals surface area contributed by atoms with Gasteiger partial charge in [0, 0.05) is 11.8 Å². The largest absolute Gasteiger partial charge is 0.497 e. The van der Waals surface area contributed by atoms with Crippen LogP contribution in [0, 0.1) is 11.3 Å². The predicted molar refractivity (Wildman–Crippen MR) is 128 cm³/mol. The van der Waals surface area contributed by atoms with E-state index in [0.29, 0.717) is 4.31 Å². The molecule has 0 saturated heterocycles. The molecule has 0 bridgehead atoms. The Bertz CT molecular complexity index is 1670. The molecule has 15 heteroatoms. The van der Waals surface area contributed by atoms with E-state index in [4.69, 9.17) is 14.7 Å². The SMILES string of the molecule is COc1ccc2c(c1)OC(=O)CN2S(=O)(=O)NS(=O)(=O)c1cccc(-c2ccc(C(=O)O)n2CC#N)c1. The van der Waals surface area contributed by atoms with Crippen molar-refractivity contribution in [2.75, 3.05) is 18.0 Å². The first-order chi connectivity index (χ1) is 17.5. The highest BCUT2D eigenvalue weighted by Gasteiger charge is 2.36. The van der Waals surface area contributed by atoms with Crippen molar-refractivity contribution in [3.05, 3.63) is 60.3 Å². The lowest BCUT2D eigenvalue weighted by atomic mass is 10.1. The van der Waals surface area contributed by atoms with Crippen molar-refractivity contribution in [3.63, 3.8) is 0 Å². The van der Waals surface area contributed by atoms with E-state index < -0.39 is 43.6 Å². The lowest BCUT2D eigenvalue weighted by Crippen LogP contribution is -2.48. The zero-order chi connectivity index (χ0) is 27.0. The Labute approximate surface area is 211 Å². The summed E-state index contributed by atoms with van der Waals surface area (Å²) < 4.78 is 65.8. The van der Waals surface area contributed by atoms with Gasteiger partial charge in [-0.3, -0.25) is 0 Å². The number of hydrogen-bond acceptors (Lipinski definition) is 9. The number of rotatable bonds is 8. The monoisotopic (exact) mass is 546 g/mol. The quantitative estimate of drug-likeness (QED) is 0.308. The number of carboxylic acid groups (broad SMARTS) is 1. The molecule has 1 aliphatic rings. The second-order valence-corrected chi connectivity index (χ2v) is 11.1. The third-order valence-electron chi connectivity index (χ3n) is 5.31. The van der Waals surface area contributed by atoms with Gasteiger partial charge >= 0.3 is 22.1 Å². The summed E-state index contributed by atoms with van der Waals surface area (Å²) in [7, 11) is -8.18. The Morgan fingerprint density at radius 2 is 1.92 bits per heavy atom. The van der Waals surface area contributed by atoms with Gasteiger partial charge in [-0.2, -0.15) is 13.7 Å². The van der Waals surface area contributed by atoms with E-state index in [9.17, 15) is 31.5 Å². The molecule has 4 rings (SSSR count). The molecule has 1 aromatic heterocycles. The minimum absolute atomic E-state index is 0.0765. The number of aromatic nitrogens is 1. The van der Waals surface area contributed by atoms with Gasteiger partial charge < -0.3 is 19.1 Å². The van der Waals surface area contributed by atoms with E-state index in [1.165, 1.54) is 54.1 Å². The number of carbonyl (C=O) groups excluding carboxylic acids is 1. The average molecular weight is 547 g/mol. The molecular weight excluding hydrogens is 528 g/mol. The molecule has 0 aliphatic carbocycles. The van der Waals surface area contributed by atoms with E-state index in [-0.39, 0.29) is 40.7 Å². The van der Waals surface area contributed by atoms with Crippen molar-refractivity contribution < 1.29 is 41.0 Å². The van der Waals surface area contributed by atoms with Crippen LogP contribution in [0.3, 0.4) is 0 Å². The molecule has 3 aromatic rings. The molecule has 0 unspecified atom stereocenters. The van der Waals surface area contributed by atoms with E-state index in [2.05, 4.69) is 0 Å². The first-order valence-electron chi connectivity index (χ1n) is 10.3. The number of methoxy groups -OCH3 is 1. The van der Waals surface area contributed by atoms with Crippen LogP contribution in [0.4, 0.5) is 5.69 Å². The number of nitrogens with zero attached hydrogens (tertiary/aromatic N) is 3. The number of nitriles is 1. The topological polar surface area (TPSA) is 185 Å². The van der Waals surface area contributed by atoms with Gasteiger partial charge in [0.05, 0.1) is 23.8 Å². The summed E-state index contributed by atoms with van der Waals surface area (Å²) in [6.07, 6.45) is 0. The predicted octanol–water partition coefficient (Wildman–Crippen LogP) is 1.33. The van der Waals surface area contributed by atoms with Crippen LogP contribution in [0.2, 0.25) is 0 Å².